The summed E-state index contributed by atoms with van der Waals surface area (Å²) < 4.78 is 5.28. The van der Waals surface area contributed by atoms with E-state index in [0.29, 0.717) is 18.0 Å². The van der Waals surface area contributed by atoms with Gasteiger partial charge in [-0.2, -0.15) is 0 Å². The zero-order valence-electron chi connectivity index (χ0n) is 9.85. The summed E-state index contributed by atoms with van der Waals surface area (Å²) in [6.45, 7) is 0.438. The maximum Gasteiger partial charge on any atom is 0.254 e. The number of nitrogens with one attached hydrogen (secondary N) is 1. The molecule has 1 amide bonds. The summed E-state index contributed by atoms with van der Waals surface area (Å²) in [6, 6.07) is 3.37. The summed E-state index contributed by atoms with van der Waals surface area (Å²) in [5.41, 5.74) is 0.696. The fourth-order valence-electron chi connectivity index (χ4n) is 1.71. The van der Waals surface area contributed by atoms with Gasteiger partial charge in [0.2, 0.25) is 0 Å². The quantitative estimate of drug-likeness (QED) is 0.747. The molecule has 1 aromatic heterocycles. The summed E-state index contributed by atoms with van der Waals surface area (Å²) in [5, 5.41) is 11.3. The van der Waals surface area contributed by atoms with Crippen molar-refractivity contribution in [3.63, 3.8) is 0 Å². The Morgan fingerprint density at radius 2 is 2.56 bits per heavy atom. The summed E-state index contributed by atoms with van der Waals surface area (Å²) in [5.74, 6) is 5.57. The number of carbonyl (C=O) groups excluding carboxylic acids is 1. The Kier molecular flexibility index (Phi) is 4.29. The molecule has 1 saturated heterocycles. The Labute approximate surface area is 105 Å². The van der Waals surface area contributed by atoms with Gasteiger partial charge < -0.3 is 15.2 Å². The molecular weight excluding hydrogens is 232 g/mol. The minimum absolute atomic E-state index is 0.174. The molecule has 1 aromatic rings. The van der Waals surface area contributed by atoms with Crippen molar-refractivity contribution in [3.05, 3.63) is 23.9 Å². The fourth-order valence-corrected chi connectivity index (χ4v) is 1.71. The Hall–Kier alpha value is -1.90. The lowest BCUT2D eigenvalue weighted by Gasteiger charge is -2.09. The smallest absolute Gasteiger partial charge is 0.254 e. The average Bonchev–Trinajstić information content (AvgIpc) is 2.91. The molecule has 94 valence electrons. The van der Waals surface area contributed by atoms with Crippen LogP contribution in [0.25, 0.3) is 0 Å². The number of aliphatic hydroxyl groups is 1. The van der Waals surface area contributed by atoms with Gasteiger partial charge in [0.25, 0.3) is 5.91 Å². The zero-order chi connectivity index (χ0) is 12.8. The van der Waals surface area contributed by atoms with Crippen molar-refractivity contribution < 1.29 is 14.6 Å². The van der Waals surface area contributed by atoms with Crippen LogP contribution in [0.3, 0.4) is 0 Å². The molecule has 0 aromatic carbocycles. The molecule has 5 heteroatoms. The first-order valence-electron chi connectivity index (χ1n) is 5.78. The first-order chi connectivity index (χ1) is 8.79. The van der Waals surface area contributed by atoms with Crippen LogP contribution in [0.2, 0.25) is 0 Å². The van der Waals surface area contributed by atoms with Gasteiger partial charge in [0.05, 0.1) is 0 Å². The number of aromatic nitrogens is 1. The Morgan fingerprint density at radius 3 is 3.28 bits per heavy atom. The first kappa shape index (κ1) is 12.6. The van der Waals surface area contributed by atoms with Gasteiger partial charge in [-0.15, -0.1) is 0 Å². The van der Waals surface area contributed by atoms with Crippen LogP contribution < -0.4 is 5.32 Å². The molecule has 1 aliphatic heterocycles. The molecule has 1 atom stereocenters. The fraction of sp³-hybridized carbons (Fsp3) is 0.385. The third-order valence-electron chi connectivity index (χ3n) is 2.55. The maximum atomic E-state index is 11.8. The molecule has 2 heterocycles. The normalized spacial score (nSPS) is 17.9. The standard InChI is InChI=1S/C13H14N2O3/c16-7-1-3-10-5-6-14-12(9-10)15-13(17)11-4-2-8-18-11/h5-6,9,11,16H,2,4,7-8H2,(H,14,15,17). The number of pyridine rings is 1. The van der Waals surface area contributed by atoms with E-state index in [1.54, 1.807) is 18.3 Å². The molecule has 5 nitrogen and oxygen atoms in total. The second kappa shape index (κ2) is 6.15. The molecule has 2 N–H and O–H groups in total. The predicted molar refractivity (Wildman–Crippen MR) is 65.8 cm³/mol. The van der Waals surface area contributed by atoms with Crippen LogP contribution in [0.4, 0.5) is 5.82 Å². The minimum Gasteiger partial charge on any atom is -0.384 e. The SMILES string of the molecule is O=C(Nc1cc(C#CCO)ccn1)C1CCCO1. The van der Waals surface area contributed by atoms with Crippen molar-refractivity contribution in [2.75, 3.05) is 18.5 Å². The summed E-state index contributed by atoms with van der Waals surface area (Å²) in [6.07, 6.45) is 2.84. The van der Waals surface area contributed by atoms with Crippen LogP contribution in [-0.4, -0.2) is 35.3 Å². The van der Waals surface area contributed by atoms with Crippen LogP contribution in [0.5, 0.6) is 0 Å². The van der Waals surface area contributed by atoms with E-state index >= 15 is 0 Å². The van der Waals surface area contributed by atoms with Gasteiger partial charge >= 0.3 is 0 Å². The molecule has 0 spiro atoms. The molecule has 0 radical (unpaired) electrons. The highest BCUT2D eigenvalue weighted by Crippen LogP contribution is 2.14. The third-order valence-corrected chi connectivity index (χ3v) is 2.55. The first-order valence-corrected chi connectivity index (χ1v) is 5.78. The number of carbonyl (C=O) groups is 1. The van der Waals surface area contributed by atoms with Gasteiger partial charge in [-0.05, 0) is 25.0 Å². The summed E-state index contributed by atoms with van der Waals surface area (Å²) in [4.78, 5) is 15.8. The lowest BCUT2D eigenvalue weighted by Crippen LogP contribution is -2.27. The number of nitrogens with zero attached hydrogens (tertiary/aromatic N) is 1. The van der Waals surface area contributed by atoms with E-state index in [2.05, 4.69) is 22.1 Å². The van der Waals surface area contributed by atoms with Crippen molar-refractivity contribution in [1.29, 1.82) is 0 Å². The van der Waals surface area contributed by atoms with Crippen molar-refractivity contribution in [2.45, 2.75) is 18.9 Å². The number of amides is 1. The van der Waals surface area contributed by atoms with Gasteiger partial charge in [-0.25, -0.2) is 4.98 Å². The van der Waals surface area contributed by atoms with E-state index in [1.807, 2.05) is 0 Å². The average molecular weight is 246 g/mol. The molecule has 2 rings (SSSR count). The highest BCUT2D eigenvalue weighted by atomic mass is 16.5. The van der Waals surface area contributed by atoms with Crippen LogP contribution in [-0.2, 0) is 9.53 Å². The molecule has 1 aliphatic rings. The van der Waals surface area contributed by atoms with Crippen LogP contribution in [0.1, 0.15) is 18.4 Å². The highest BCUT2D eigenvalue weighted by molar-refractivity contribution is 5.93. The van der Waals surface area contributed by atoms with Gasteiger partial charge in [-0.1, -0.05) is 11.8 Å². The van der Waals surface area contributed by atoms with Crippen molar-refractivity contribution in [2.24, 2.45) is 0 Å². The number of anilines is 1. The van der Waals surface area contributed by atoms with E-state index in [9.17, 15) is 4.79 Å². The van der Waals surface area contributed by atoms with Gasteiger partial charge in [-0.3, -0.25) is 4.79 Å². The van der Waals surface area contributed by atoms with Crippen molar-refractivity contribution in [3.8, 4) is 11.8 Å². The van der Waals surface area contributed by atoms with Crippen LogP contribution >= 0.6 is 0 Å². The zero-order valence-corrected chi connectivity index (χ0v) is 9.85. The molecule has 0 aliphatic carbocycles. The monoisotopic (exact) mass is 246 g/mol. The van der Waals surface area contributed by atoms with Gasteiger partial charge in [0.15, 0.2) is 0 Å². The molecular formula is C13H14N2O3. The predicted octanol–water partition coefficient (Wildman–Crippen LogP) is 0.543. The van der Waals surface area contributed by atoms with E-state index in [0.717, 1.165) is 12.8 Å². The van der Waals surface area contributed by atoms with Crippen molar-refractivity contribution >= 4 is 11.7 Å². The number of ether oxygens (including phenoxy) is 1. The summed E-state index contributed by atoms with van der Waals surface area (Å²) >= 11 is 0. The number of hydrogen-bond acceptors (Lipinski definition) is 4. The Bertz CT molecular complexity index is 484. The molecule has 0 saturated carbocycles. The number of hydrogen-bond donors (Lipinski definition) is 2. The maximum absolute atomic E-state index is 11.8. The Morgan fingerprint density at radius 1 is 1.67 bits per heavy atom. The third kappa shape index (κ3) is 3.29. The lowest BCUT2D eigenvalue weighted by molar-refractivity contribution is -0.124. The molecule has 18 heavy (non-hydrogen) atoms. The van der Waals surface area contributed by atoms with Crippen LogP contribution in [0.15, 0.2) is 18.3 Å². The minimum atomic E-state index is -0.376. The second-order valence-electron chi connectivity index (χ2n) is 3.88. The van der Waals surface area contributed by atoms with Gasteiger partial charge in [0.1, 0.15) is 18.5 Å². The van der Waals surface area contributed by atoms with Crippen molar-refractivity contribution in [1.82, 2.24) is 4.98 Å². The van der Waals surface area contributed by atoms with E-state index in [-0.39, 0.29) is 18.6 Å². The lowest BCUT2D eigenvalue weighted by atomic mass is 10.2. The second-order valence-corrected chi connectivity index (χ2v) is 3.88. The molecule has 0 bridgehead atoms. The van der Waals surface area contributed by atoms with E-state index < -0.39 is 0 Å². The van der Waals surface area contributed by atoms with E-state index in [4.69, 9.17) is 9.84 Å². The molecule has 1 fully saturated rings. The largest absolute Gasteiger partial charge is 0.384 e. The number of aliphatic hydroxyl groups excluding tert-OH is 1. The summed E-state index contributed by atoms with van der Waals surface area (Å²) in [7, 11) is 0. The van der Waals surface area contributed by atoms with Crippen LogP contribution in [0, 0.1) is 11.8 Å². The number of rotatable bonds is 2. The topological polar surface area (TPSA) is 71.5 Å². The Balaban J connectivity index is 2.02. The highest BCUT2D eigenvalue weighted by Gasteiger charge is 2.23. The molecule has 1 unspecified atom stereocenters. The van der Waals surface area contributed by atoms with Gasteiger partial charge in [0, 0.05) is 18.4 Å². The van der Waals surface area contributed by atoms with E-state index in [1.165, 1.54) is 0 Å².